The van der Waals surface area contributed by atoms with Crippen molar-refractivity contribution in [2.45, 2.75) is 31.8 Å². The molecule has 32 heavy (non-hydrogen) atoms. The van der Waals surface area contributed by atoms with Gasteiger partial charge in [0.05, 0.1) is 17.6 Å². The highest BCUT2D eigenvalue weighted by Crippen LogP contribution is 2.38. The monoisotopic (exact) mass is 424 g/mol. The molecular weight excluding hydrogens is 404 g/mol. The summed E-state index contributed by atoms with van der Waals surface area (Å²) in [7, 11) is 0. The molecule has 158 valence electrons. The van der Waals surface area contributed by atoms with Gasteiger partial charge in [-0.05, 0) is 36.8 Å². The number of rotatable bonds is 5. The zero-order valence-corrected chi connectivity index (χ0v) is 17.4. The molecule has 5 rings (SSSR count). The predicted molar refractivity (Wildman–Crippen MR) is 121 cm³/mol. The fraction of sp³-hybridized carbons (Fsp3) is 0.217. The average Bonchev–Trinajstić information content (AvgIpc) is 3.64. The van der Waals surface area contributed by atoms with E-state index in [9.17, 15) is 10.1 Å². The van der Waals surface area contributed by atoms with Gasteiger partial charge in [-0.1, -0.05) is 18.2 Å². The molecule has 1 aliphatic carbocycles. The topological polar surface area (TPSA) is 135 Å². The molecule has 1 atom stereocenters. The Labute approximate surface area is 183 Å². The fourth-order valence-electron chi connectivity index (χ4n) is 3.98. The Hall–Kier alpha value is -4.32. The summed E-state index contributed by atoms with van der Waals surface area (Å²) >= 11 is 0. The quantitative estimate of drug-likeness (QED) is 0.498. The number of anilines is 2. The molecule has 4 aromatic rings. The molecule has 9 heteroatoms. The van der Waals surface area contributed by atoms with E-state index in [0.29, 0.717) is 16.8 Å². The van der Waals surface area contributed by atoms with E-state index in [1.165, 1.54) is 12.5 Å². The van der Waals surface area contributed by atoms with Crippen LogP contribution in [0.4, 0.5) is 11.8 Å². The lowest BCUT2D eigenvalue weighted by Crippen LogP contribution is -2.26. The van der Waals surface area contributed by atoms with Gasteiger partial charge in [-0.3, -0.25) is 4.79 Å². The normalized spacial score (nSPS) is 14.1. The third kappa shape index (κ3) is 3.41. The van der Waals surface area contributed by atoms with Crippen molar-refractivity contribution in [3.05, 3.63) is 70.8 Å². The molecule has 3 aromatic heterocycles. The number of fused-ring (bicyclic) bond motifs is 1. The number of nitrogens with two attached hydrogens (primary N) is 1. The van der Waals surface area contributed by atoms with Gasteiger partial charge in [0, 0.05) is 29.7 Å². The predicted octanol–water partition coefficient (Wildman–Crippen LogP) is 3.21. The van der Waals surface area contributed by atoms with Crippen LogP contribution in [0.25, 0.3) is 21.9 Å². The van der Waals surface area contributed by atoms with E-state index < -0.39 is 0 Å². The fourth-order valence-corrected chi connectivity index (χ4v) is 3.98. The molecule has 0 amide bonds. The minimum absolute atomic E-state index is 0.0455. The van der Waals surface area contributed by atoms with E-state index in [1.807, 2.05) is 35.8 Å². The van der Waals surface area contributed by atoms with Gasteiger partial charge in [0.15, 0.2) is 0 Å². The van der Waals surface area contributed by atoms with Crippen LogP contribution in [0.1, 0.15) is 43.1 Å². The Morgan fingerprint density at radius 1 is 1.25 bits per heavy atom. The van der Waals surface area contributed by atoms with E-state index >= 15 is 0 Å². The summed E-state index contributed by atoms with van der Waals surface area (Å²) in [5, 5.41) is 14.1. The van der Waals surface area contributed by atoms with Crippen LogP contribution in [0, 0.1) is 11.3 Å². The van der Waals surface area contributed by atoms with Crippen LogP contribution in [-0.2, 0) is 0 Å². The first kappa shape index (κ1) is 19.6. The molecular formula is C23H20N8O. The van der Waals surface area contributed by atoms with Crippen LogP contribution < -0.4 is 16.6 Å². The van der Waals surface area contributed by atoms with Crippen molar-refractivity contribution >= 4 is 22.5 Å². The van der Waals surface area contributed by atoms with E-state index in [0.717, 1.165) is 35.0 Å². The highest BCUT2D eigenvalue weighted by molar-refractivity contribution is 5.96. The standard InChI is InChI=1S/C23H20N8O/c1-13(29-21-15(8-24)11-28-23(25)30-21)19-7-14-3-2-4-18(16-9-26-12-27-10-16)20(14)22(32)31(19)17-5-6-17/h2-4,7,9-13,17H,5-6H2,1H3,(H3,25,28,29,30)/t13-/m0/s1. The molecule has 3 N–H and O–H groups in total. The maximum absolute atomic E-state index is 13.8. The van der Waals surface area contributed by atoms with Gasteiger partial charge in [0.25, 0.3) is 5.56 Å². The molecule has 0 unspecified atom stereocenters. The van der Waals surface area contributed by atoms with Crippen molar-refractivity contribution in [2.24, 2.45) is 0 Å². The lowest BCUT2D eigenvalue weighted by Gasteiger charge is -2.22. The zero-order valence-electron chi connectivity index (χ0n) is 17.4. The lowest BCUT2D eigenvalue weighted by atomic mass is 9.99. The van der Waals surface area contributed by atoms with Crippen molar-refractivity contribution in [1.82, 2.24) is 24.5 Å². The molecule has 3 heterocycles. The average molecular weight is 424 g/mol. The van der Waals surface area contributed by atoms with E-state index in [2.05, 4.69) is 31.3 Å². The summed E-state index contributed by atoms with van der Waals surface area (Å²) in [6.07, 6.45) is 8.18. The van der Waals surface area contributed by atoms with Gasteiger partial charge in [0.2, 0.25) is 5.95 Å². The molecule has 0 spiro atoms. The van der Waals surface area contributed by atoms with Gasteiger partial charge >= 0.3 is 0 Å². The van der Waals surface area contributed by atoms with Crippen LogP contribution in [0.2, 0.25) is 0 Å². The van der Waals surface area contributed by atoms with Gasteiger partial charge in [-0.2, -0.15) is 10.2 Å². The van der Waals surface area contributed by atoms with Gasteiger partial charge < -0.3 is 15.6 Å². The van der Waals surface area contributed by atoms with Crippen molar-refractivity contribution in [2.75, 3.05) is 11.1 Å². The molecule has 9 nitrogen and oxygen atoms in total. The second-order valence-corrected chi connectivity index (χ2v) is 7.84. The number of nitrogen functional groups attached to an aromatic ring is 1. The van der Waals surface area contributed by atoms with Crippen LogP contribution >= 0.6 is 0 Å². The Kier molecular flexibility index (Phi) is 4.75. The molecule has 1 fully saturated rings. The second kappa shape index (κ2) is 7.74. The molecule has 0 bridgehead atoms. The van der Waals surface area contributed by atoms with E-state index in [4.69, 9.17) is 5.73 Å². The van der Waals surface area contributed by atoms with Crippen LogP contribution in [-0.4, -0.2) is 24.5 Å². The smallest absolute Gasteiger partial charge is 0.259 e. The maximum atomic E-state index is 13.8. The number of nitrogens with zero attached hydrogens (tertiary/aromatic N) is 6. The number of benzene rings is 1. The number of hydrogen-bond donors (Lipinski definition) is 2. The molecule has 0 radical (unpaired) electrons. The van der Waals surface area contributed by atoms with E-state index in [1.54, 1.807) is 12.4 Å². The van der Waals surface area contributed by atoms with Crippen LogP contribution in [0.5, 0.6) is 0 Å². The zero-order chi connectivity index (χ0) is 22.2. The number of aromatic nitrogens is 5. The summed E-state index contributed by atoms with van der Waals surface area (Å²) in [6.45, 7) is 1.94. The number of nitrogens with one attached hydrogen (secondary N) is 1. The first-order chi connectivity index (χ1) is 15.6. The Morgan fingerprint density at radius 2 is 2.03 bits per heavy atom. The minimum Gasteiger partial charge on any atom is -0.368 e. The summed E-state index contributed by atoms with van der Waals surface area (Å²) in [5.74, 6) is 0.420. The van der Waals surface area contributed by atoms with Crippen molar-refractivity contribution in [1.29, 1.82) is 5.26 Å². The third-order valence-electron chi connectivity index (χ3n) is 5.62. The summed E-state index contributed by atoms with van der Waals surface area (Å²) < 4.78 is 1.86. The Balaban J connectivity index is 1.66. The number of pyridine rings is 1. The first-order valence-electron chi connectivity index (χ1n) is 10.3. The third-order valence-corrected chi connectivity index (χ3v) is 5.62. The molecule has 1 saturated carbocycles. The maximum Gasteiger partial charge on any atom is 0.259 e. The molecule has 0 saturated heterocycles. The number of hydrogen-bond acceptors (Lipinski definition) is 8. The second-order valence-electron chi connectivity index (χ2n) is 7.84. The first-order valence-corrected chi connectivity index (χ1v) is 10.3. The summed E-state index contributed by atoms with van der Waals surface area (Å²) in [5.41, 5.74) is 8.40. The van der Waals surface area contributed by atoms with Crippen molar-refractivity contribution in [3.8, 4) is 17.2 Å². The van der Waals surface area contributed by atoms with Crippen molar-refractivity contribution in [3.63, 3.8) is 0 Å². The largest absolute Gasteiger partial charge is 0.368 e. The highest BCUT2D eigenvalue weighted by atomic mass is 16.1. The number of nitriles is 1. The minimum atomic E-state index is -0.294. The molecule has 1 aliphatic rings. The Morgan fingerprint density at radius 3 is 2.75 bits per heavy atom. The van der Waals surface area contributed by atoms with Gasteiger partial charge in [-0.25, -0.2) is 15.0 Å². The SMILES string of the molecule is C[C@H](Nc1nc(N)ncc1C#N)c1cc2cccc(-c3cncnc3)c2c(=O)n1C1CC1. The van der Waals surface area contributed by atoms with Crippen LogP contribution in [0.15, 0.2) is 54.0 Å². The molecule has 0 aliphatic heterocycles. The highest BCUT2D eigenvalue weighted by Gasteiger charge is 2.30. The van der Waals surface area contributed by atoms with Crippen LogP contribution in [0.3, 0.4) is 0 Å². The molecule has 1 aromatic carbocycles. The summed E-state index contributed by atoms with van der Waals surface area (Å²) in [6, 6.07) is 9.73. The lowest BCUT2D eigenvalue weighted by molar-refractivity contribution is 0.636. The van der Waals surface area contributed by atoms with E-state index in [-0.39, 0.29) is 23.6 Å². The van der Waals surface area contributed by atoms with Gasteiger partial charge in [0.1, 0.15) is 23.8 Å². The summed E-state index contributed by atoms with van der Waals surface area (Å²) in [4.78, 5) is 30.0. The van der Waals surface area contributed by atoms with Gasteiger partial charge in [-0.15, -0.1) is 0 Å². The Bertz CT molecular complexity index is 1420. The van der Waals surface area contributed by atoms with Crippen molar-refractivity contribution < 1.29 is 0 Å².